The highest BCUT2D eigenvalue weighted by Gasteiger charge is 2.02. The van der Waals surface area contributed by atoms with E-state index >= 15 is 0 Å². The van der Waals surface area contributed by atoms with Gasteiger partial charge in [-0.1, -0.05) is 61.4 Å². The van der Waals surface area contributed by atoms with E-state index in [9.17, 15) is 0 Å². The van der Waals surface area contributed by atoms with E-state index in [-0.39, 0.29) is 0 Å². The van der Waals surface area contributed by atoms with Gasteiger partial charge in [0.1, 0.15) is 4.99 Å². The lowest BCUT2D eigenvalue weighted by molar-refractivity contribution is 0.795. The zero-order valence-corrected chi connectivity index (χ0v) is 13.1. The summed E-state index contributed by atoms with van der Waals surface area (Å²) in [7, 11) is 0. The Morgan fingerprint density at radius 1 is 1.15 bits per heavy atom. The number of rotatable bonds is 5. The number of aryl methyl sites for hydroxylation is 1. The normalized spacial score (nSPS) is 10.3. The molecule has 0 atom stereocenters. The van der Waals surface area contributed by atoms with Crippen LogP contribution in [0.15, 0.2) is 48.5 Å². The largest absolute Gasteiger partial charge is 0.346 e. The average Bonchev–Trinajstić information content (AvgIpc) is 2.46. The number of anilines is 1. The van der Waals surface area contributed by atoms with Gasteiger partial charge in [-0.2, -0.15) is 0 Å². The molecule has 3 heteroatoms. The van der Waals surface area contributed by atoms with Gasteiger partial charge in [-0.25, -0.2) is 0 Å². The van der Waals surface area contributed by atoms with E-state index in [1.54, 1.807) is 0 Å². The fraction of sp³-hybridized carbons (Fsp3) is 0.235. The molecule has 2 aromatic carbocycles. The minimum absolute atomic E-state index is 0.689. The molecule has 0 saturated carbocycles. The second kappa shape index (κ2) is 7.41. The molecule has 0 radical (unpaired) electrons. The quantitative estimate of drug-likeness (QED) is 0.735. The highest BCUT2D eigenvalue weighted by Crippen LogP contribution is 2.15. The molecule has 0 unspecified atom stereocenters. The second-order valence-electron chi connectivity index (χ2n) is 4.76. The third-order valence-electron chi connectivity index (χ3n) is 3.12. The lowest BCUT2D eigenvalue weighted by Crippen LogP contribution is -2.10. The third kappa shape index (κ3) is 4.32. The van der Waals surface area contributed by atoms with Crippen molar-refractivity contribution in [2.75, 3.05) is 5.32 Å². The number of unbranched alkanes of at least 4 members (excludes halogenated alkanes) is 1. The van der Waals surface area contributed by atoms with Crippen molar-refractivity contribution in [3.8, 4) is 0 Å². The molecular weight excluding hydrogens is 286 g/mol. The summed E-state index contributed by atoms with van der Waals surface area (Å²) in [6, 6.07) is 16.0. The van der Waals surface area contributed by atoms with Crippen molar-refractivity contribution >= 4 is 34.5 Å². The molecule has 2 aromatic rings. The Morgan fingerprint density at radius 3 is 2.55 bits per heavy atom. The molecular formula is C17H18ClNS. The number of benzene rings is 2. The van der Waals surface area contributed by atoms with Gasteiger partial charge in [-0.05, 0) is 42.7 Å². The summed E-state index contributed by atoms with van der Waals surface area (Å²) < 4.78 is 0. The van der Waals surface area contributed by atoms with Crippen LogP contribution < -0.4 is 5.32 Å². The predicted molar refractivity (Wildman–Crippen MR) is 91.8 cm³/mol. The van der Waals surface area contributed by atoms with Crippen molar-refractivity contribution in [1.29, 1.82) is 0 Å². The first kappa shape index (κ1) is 15.0. The Morgan fingerprint density at radius 2 is 1.90 bits per heavy atom. The van der Waals surface area contributed by atoms with Gasteiger partial charge in [0.15, 0.2) is 0 Å². The summed E-state index contributed by atoms with van der Waals surface area (Å²) in [5.41, 5.74) is 3.31. The summed E-state index contributed by atoms with van der Waals surface area (Å²) in [6.45, 7) is 2.21. The van der Waals surface area contributed by atoms with E-state index in [1.165, 1.54) is 18.4 Å². The first-order chi connectivity index (χ1) is 9.69. The van der Waals surface area contributed by atoms with Crippen LogP contribution in [0.2, 0.25) is 5.02 Å². The van der Waals surface area contributed by atoms with Crippen molar-refractivity contribution < 1.29 is 0 Å². The minimum atomic E-state index is 0.689. The molecule has 0 aliphatic rings. The Balaban J connectivity index is 2.01. The fourth-order valence-electron chi connectivity index (χ4n) is 1.97. The lowest BCUT2D eigenvalue weighted by atomic mass is 10.1. The van der Waals surface area contributed by atoms with E-state index in [4.69, 9.17) is 23.8 Å². The van der Waals surface area contributed by atoms with Gasteiger partial charge in [-0.15, -0.1) is 0 Å². The maximum absolute atomic E-state index is 5.97. The standard InChI is InChI=1S/C17H18ClNS/c1-2-3-5-13-8-10-16(11-9-13)19-17(20)14-6-4-7-15(18)12-14/h4,6-12H,2-3,5H2,1H3,(H,19,20). The first-order valence-electron chi connectivity index (χ1n) is 6.85. The number of hydrogen-bond acceptors (Lipinski definition) is 1. The molecule has 0 aromatic heterocycles. The Kier molecular flexibility index (Phi) is 5.57. The van der Waals surface area contributed by atoms with Crippen LogP contribution >= 0.6 is 23.8 Å². The van der Waals surface area contributed by atoms with E-state index in [0.717, 1.165) is 17.7 Å². The maximum atomic E-state index is 5.97. The molecule has 0 aliphatic heterocycles. The van der Waals surface area contributed by atoms with Crippen LogP contribution in [0.4, 0.5) is 5.69 Å². The van der Waals surface area contributed by atoms with Gasteiger partial charge in [0, 0.05) is 16.3 Å². The first-order valence-corrected chi connectivity index (χ1v) is 7.63. The van der Waals surface area contributed by atoms with Crippen molar-refractivity contribution in [2.45, 2.75) is 26.2 Å². The van der Waals surface area contributed by atoms with Gasteiger partial charge < -0.3 is 5.32 Å². The Bertz CT molecular complexity index is 578. The molecule has 0 heterocycles. The van der Waals surface area contributed by atoms with Crippen molar-refractivity contribution in [1.82, 2.24) is 0 Å². The Labute approximate surface area is 131 Å². The molecule has 0 spiro atoms. The predicted octanol–water partition coefficient (Wildman–Crippen LogP) is 5.47. The summed E-state index contributed by atoms with van der Waals surface area (Å²) in [4.78, 5) is 0.689. The number of hydrogen-bond donors (Lipinski definition) is 1. The topological polar surface area (TPSA) is 12.0 Å². The smallest absolute Gasteiger partial charge is 0.111 e. The summed E-state index contributed by atoms with van der Waals surface area (Å²) in [5, 5.41) is 3.94. The second-order valence-corrected chi connectivity index (χ2v) is 5.61. The molecule has 0 aliphatic carbocycles. The van der Waals surface area contributed by atoms with E-state index in [1.807, 2.05) is 24.3 Å². The number of thiocarbonyl (C=S) groups is 1. The number of halogens is 1. The van der Waals surface area contributed by atoms with Gasteiger partial charge in [0.2, 0.25) is 0 Å². The average molecular weight is 304 g/mol. The zero-order chi connectivity index (χ0) is 14.4. The van der Waals surface area contributed by atoms with E-state index < -0.39 is 0 Å². The van der Waals surface area contributed by atoms with Gasteiger partial charge >= 0.3 is 0 Å². The highest BCUT2D eigenvalue weighted by molar-refractivity contribution is 7.81. The van der Waals surface area contributed by atoms with Gasteiger partial charge in [-0.3, -0.25) is 0 Å². The SMILES string of the molecule is CCCCc1ccc(NC(=S)c2cccc(Cl)c2)cc1. The summed E-state index contributed by atoms with van der Waals surface area (Å²) in [6.07, 6.45) is 3.59. The van der Waals surface area contributed by atoms with Crippen LogP contribution in [0.5, 0.6) is 0 Å². The molecule has 0 bridgehead atoms. The fourth-order valence-corrected chi connectivity index (χ4v) is 2.40. The van der Waals surface area contributed by atoms with Crippen LogP contribution in [0.3, 0.4) is 0 Å². The highest BCUT2D eigenvalue weighted by atomic mass is 35.5. The molecule has 0 fully saturated rings. The lowest BCUT2D eigenvalue weighted by Gasteiger charge is -2.09. The van der Waals surface area contributed by atoms with Gasteiger partial charge in [0.25, 0.3) is 0 Å². The molecule has 104 valence electrons. The molecule has 2 rings (SSSR count). The monoisotopic (exact) mass is 303 g/mol. The molecule has 0 amide bonds. The van der Waals surface area contributed by atoms with E-state index in [0.29, 0.717) is 10.0 Å². The molecule has 20 heavy (non-hydrogen) atoms. The van der Waals surface area contributed by atoms with Crippen molar-refractivity contribution in [2.24, 2.45) is 0 Å². The summed E-state index contributed by atoms with van der Waals surface area (Å²) >= 11 is 11.4. The van der Waals surface area contributed by atoms with Crippen LogP contribution in [0.1, 0.15) is 30.9 Å². The van der Waals surface area contributed by atoms with Crippen molar-refractivity contribution in [3.63, 3.8) is 0 Å². The van der Waals surface area contributed by atoms with E-state index in [2.05, 4.69) is 36.5 Å². The van der Waals surface area contributed by atoms with Gasteiger partial charge in [0.05, 0.1) is 0 Å². The van der Waals surface area contributed by atoms with Crippen LogP contribution in [-0.4, -0.2) is 4.99 Å². The van der Waals surface area contributed by atoms with Crippen LogP contribution in [0.25, 0.3) is 0 Å². The molecule has 1 nitrogen and oxygen atoms in total. The van der Waals surface area contributed by atoms with Crippen LogP contribution in [0, 0.1) is 0 Å². The maximum Gasteiger partial charge on any atom is 0.111 e. The molecule has 0 saturated heterocycles. The summed E-state index contributed by atoms with van der Waals surface area (Å²) in [5.74, 6) is 0. The number of nitrogens with one attached hydrogen (secondary N) is 1. The Hall–Kier alpha value is -1.38. The zero-order valence-electron chi connectivity index (χ0n) is 11.5. The van der Waals surface area contributed by atoms with Crippen LogP contribution in [-0.2, 0) is 6.42 Å². The van der Waals surface area contributed by atoms with Crippen molar-refractivity contribution in [3.05, 3.63) is 64.7 Å². The third-order valence-corrected chi connectivity index (χ3v) is 3.69. The molecule has 1 N–H and O–H groups in total. The minimum Gasteiger partial charge on any atom is -0.346 e.